The average molecular weight is 326 g/mol. The van der Waals surface area contributed by atoms with Crippen LogP contribution in [0.15, 0.2) is 47.5 Å². The summed E-state index contributed by atoms with van der Waals surface area (Å²) in [7, 11) is 1.89. The quantitative estimate of drug-likeness (QED) is 0.691. The van der Waals surface area contributed by atoms with Crippen LogP contribution in [0.5, 0.6) is 11.5 Å². The van der Waals surface area contributed by atoms with Gasteiger partial charge in [0.2, 0.25) is 0 Å². The lowest BCUT2D eigenvalue weighted by atomic mass is 10.2. The first-order chi connectivity index (χ1) is 11.2. The topological polar surface area (TPSA) is 52.8 Å². The fraction of sp³-hybridized carbons (Fsp3) is 0.176. The summed E-state index contributed by atoms with van der Waals surface area (Å²) in [6, 6.07) is 12.9. The Hall–Kier alpha value is -2.60. The molecule has 0 N–H and O–H groups in total. The fourth-order valence-electron chi connectivity index (χ4n) is 2.50. The number of rotatable bonds is 1. The van der Waals surface area contributed by atoms with Crippen molar-refractivity contribution in [2.45, 2.75) is 0 Å². The number of fused-ring (bicyclic) bond motifs is 2. The van der Waals surface area contributed by atoms with E-state index in [9.17, 15) is 4.79 Å². The van der Waals surface area contributed by atoms with Crippen molar-refractivity contribution in [1.29, 1.82) is 0 Å². The van der Waals surface area contributed by atoms with Crippen LogP contribution in [0.4, 0.5) is 0 Å². The smallest absolute Gasteiger partial charge is 0.279 e. The molecule has 0 radical (unpaired) electrons. The second kappa shape index (κ2) is 5.55. The normalized spacial score (nSPS) is 14.2. The van der Waals surface area contributed by atoms with Gasteiger partial charge in [-0.05, 0) is 12.1 Å². The number of nitrogens with zero attached hydrogens (tertiary/aromatic N) is 2. The van der Waals surface area contributed by atoms with Gasteiger partial charge in [0.1, 0.15) is 13.2 Å². The van der Waals surface area contributed by atoms with Gasteiger partial charge < -0.3 is 14.0 Å². The number of hydrogen-bond acceptors (Lipinski definition) is 4. The molecule has 5 nitrogen and oxygen atoms in total. The van der Waals surface area contributed by atoms with Crippen molar-refractivity contribution in [3.8, 4) is 11.5 Å². The number of aryl methyl sites for hydroxylation is 1. The Bertz CT molecular complexity index is 957. The third kappa shape index (κ3) is 2.51. The molecule has 0 saturated carbocycles. The van der Waals surface area contributed by atoms with Crippen molar-refractivity contribution >= 4 is 27.5 Å². The summed E-state index contributed by atoms with van der Waals surface area (Å²) in [5.41, 5.74) is 1.55. The first kappa shape index (κ1) is 14.0. The third-order valence-electron chi connectivity index (χ3n) is 3.69. The van der Waals surface area contributed by atoms with Gasteiger partial charge in [0.25, 0.3) is 5.91 Å². The van der Waals surface area contributed by atoms with Crippen LogP contribution in [0.3, 0.4) is 0 Å². The highest BCUT2D eigenvalue weighted by Crippen LogP contribution is 2.35. The first-order valence-electron chi connectivity index (χ1n) is 7.25. The van der Waals surface area contributed by atoms with Crippen LogP contribution in [0.25, 0.3) is 10.2 Å². The molecule has 23 heavy (non-hydrogen) atoms. The van der Waals surface area contributed by atoms with Crippen molar-refractivity contribution in [2.75, 3.05) is 13.2 Å². The van der Waals surface area contributed by atoms with E-state index in [4.69, 9.17) is 9.47 Å². The van der Waals surface area contributed by atoms with Crippen LogP contribution in [-0.4, -0.2) is 23.7 Å². The van der Waals surface area contributed by atoms with E-state index in [0.717, 1.165) is 21.7 Å². The molecule has 6 heteroatoms. The summed E-state index contributed by atoms with van der Waals surface area (Å²) in [4.78, 5) is 17.2. The van der Waals surface area contributed by atoms with Gasteiger partial charge in [-0.2, -0.15) is 4.99 Å². The molecule has 2 aromatic carbocycles. The highest BCUT2D eigenvalue weighted by Gasteiger charge is 2.15. The number of thiazole rings is 1. The van der Waals surface area contributed by atoms with Crippen molar-refractivity contribution < 1.29 is 14.3 Å². The number of benzene rings is 2. The second-order valence-corrected chi connectivity index (χ2v) is 6.20. The highest BCUT2D eigenvalue weighted by atomic mass is 32.1. The van der Waals surface area contributed by atoms with Gasteiger partial charge in [0, 0.05) is 24.7 Å². The lowest BCUT2D eigenvalue weighted by molar-refractivity contribution is 0.0998. The van der Waals surface area contributed by atoms with Gasteiger partial charge in [-0.1, -0.05) is 29.5 Å². The number of ether oxygens (including phenoxy) is 2. The summed E-state index contributed by atoms with van der Waals surface area (Å²) < 4.78 is 14.1. The van der Waals surface area contributed by atoms with E-state index in [0.29, 0.717) is 23.6 Å². The standard InChI is InChI=1S/C17H14N2O3S/c1-19-12-9-13-14(22-8-7-21-13)10-15(12)23-17(19)18-16(20)11-5-3-2-4-6-11/h2-6,9-10H,7-8H2,1H3. The number of aromatic nitrogens is 1. The molecule has 3 aromatic rings. The van der Waals surface area contributed by atoms with E-state index in [2.05, 4.69) is 4.99 Å². The van der Waals surface area contributed by atoms with Crippen LogP contribution in [-0.2, 0) is 7.05 Å². The molecule has 2 heterocycles. The van der Waals surface area contributed by atoms with E-state index in [1.54, 1.807) is 12.1 Å². The van der Waals surface area contributed by atoms with Crippen molar-refractivity contribution in [2.24, 2.45) is 12.0 Å². The summed E-state index contributed by atoms with van der Waals surface area (Å²) in [5.74, 6) is 1.23. The predicted molar refractivity (Wildman–Crippen MR) is 88.1 cm³/mol. The molecule has 0 saturated heterocycles. The minimum atomic E-state index is -0.245. The molecular formula is C17H14N2O3S. The van der Waals surface area contributed by atoms with Crippen LogP contribution < -0.4 is 14.3 Å². The molecule has 4 rings (SSSR count). The molecule has 0 atom stereocenters. The number of carbonyl (C=O) groups excluding carboxylic acids is 1. The van der Waals surface area contributed by atoms with Crippen LogP contribution >= 0.6 is 11.3 Å². The number of carbonyl (C=O) groups is 1. The largest absolute Gasteiger partial charge is 0.486 e. The highest BCUT2D eigenvalue weighted by molar-refractivity contribution is 7.16. The molecule has 1 aliphatic rings. The number of hydrogen-bond donors (Lipinski definition) is 0. The fourth-order valence-corrected chi connectivity index (χ4v) is 3.53. The van der Waals surface area contributed by atoms with Gasteiger partial charge in [0.15, 0.2) is 16.3 Å². The van der Waals surface area contributed by atoms with Crippen LogP contribution in [0.1, 0.15) is 10.4 Å². The monoisotopic (exact) mass is 326 g/mol. The summed E-state index contributed by atoms with van der Waals surface area (Å²) in [6.07, 6.45) is 0. The molecule has 0 spiro atoms. The zero-order valence-corrected chi connectivity index (χ0v) is 13.3. The van der Waals surface area contributed by atoms with Crippen molar-refractivity contribution in [3.05, 3.63) is 52.8 Å². The maximum absolute atomic E-state index is 12.3. The molecule has 1 aliphatic heterocycles. The zero-order chi connectivity index (χ0) is 15.8. The lowest BCUT2D eigenvalue weighted by Gasteiger charge is -2.18. The van der Waals surface area contributed by atoms with Gasteiger partial charge >= 0.3 is 0 Å². The molecular weight excluding hydrogens is 312 g/mol. The van der Waals surface area contributed by atoms with Crippen LogP contribution in [0, 0.1) is 0 Å². The van der Waals surface area contributed by atoms with Gasteiger partial charge in [0.05, 0.1) is 10.2 Å². The molecule has 0 fully saturated rings. The lowest BCUT2D eigenvalue weighted by Crippen LogP contribution is -2.15. The van der Waals surface area contributed by atoms with Gasteiger partial charge in [-0.25, -0.2) is 0 Å². The minimum Gasteiger partial charge on any atom is -0.486 e. The Morgan fingerprint density at radius 1 is 1.13 bits per heavy atom. The third-order valence-corrected chi connectivity index (χ3v) is 4.79. The summed E-state index contributed by atoms with van der Waals surface area (Å²) in [5, 5.41) is 0. The Morgan fingerprint density at radius 2 is 1.83 bits per heavy atom. The summed E-state index contributed by atoms with van der Waals surface area (Å²) >= 11 is 1.46. The maximum Gasteiger partial charge on any atom is 0.279 e. The molecule has 1 aromatic heterocycles. The van der Waals surface area contributed by atoms with E-state index >= 15 is 0 Å². The Morgan fingerprint density at radius 3 is 2.57 bits per heavy atom. The second-order valence-electron chi connectivity index (χ2n) is 5.19. The predicted octanol–water partition coefficient (Wildman–Crippen LogP) is 2.75. The molecule has 0 unspecified atom stereocenters. The Balaban J connectivity index is 1.83. The Labute approximate surface area is 136 Å². The van der Waals surface area contributed by atoms with E-state index < -0.39 is 0 Å². The van der Waals surface area contributed by atoms with Crippen molar-refractivity contribution in [3.63, 3.8) is 0 Å². The van der Waals surface area contributed by atoms with Crippen LogP contribution in [0.2, 0.25) is 0 Å². The average Bonchev–Trinajstić information content (AvgIpc) is 2.89. The molecule has 0 bridgehead atoms. The summed E-state index contributed by atoms with van der Waals surface area (Å²) in [6.45, 7) is 1.11. The van der Waals surface area contributed by atoms with Crippen molar-refractivity contribution in [1.82, 2.24) is 4.57 Å². The van der Waals surface area contributed by atoms with Gasteiger partial charge in [-0.3, -0.25) is 4.79 Å². The SMILES string of the molecule is Cn1c(=NC(=O)c2ccccc2)sc2cc3c(cc21)OCCO3. The molecule has 0 aliphatic carbocycles. The number of amides is 1. The molecule has 116 valence electrons. The zero-order valence-electron chi connectivity index (χ0n) is 12.5. The minimum absolute atomic E-state index is 0.245. The van der Waals surface area contributed by atoms with E-state index in [1.165, 1.54) is 11.3 Å². The van der Waals surface area contributed by atoms with Gasteiger partial charge in [-0.15, -0.1) is 0 Å². The Kier molecular flexibility index (Phi) is 3.38. The maximum atomic E-state index is 12.3. The van der Waals surface area contributed by atoms with E-state index in [1.807, 2.05) is 41.9 Å². The molecule has 1 amide bonds. The van der Waals surface area contributed by atoms with E-state index in [-0.39, 0.29) is 5.91 Å². The first-order valence-corrected chi connectivity index (χ1v) is 8.07.